The van der Waals surface area contributed by atoms with Gasteiger partial charge in [0, 0.05) is 25.6 Å². The van der Waals surface area contributed by atoms with Gasteiger partial charge in [0.25, 0.3) is 10.0 Å². The Hall–Kier alpha value is -4.90. The van der Waals surface area contributed by atoms with Crippen molar-refractivity contribution >= 4 is 27.5 Å². The predicted octanol–water partition coefficient (Wildman–Crippen LogP) is 5.82. The lowest BCUT2D eigenvalue weighted by Gasteiger charge is -2.34. The first-order valence-corrected chi connectivity index (χ1v) is 17.1. The van der Waals surface area contributed by atoms with Crippen molar-refractivity contribution in [2.75, 3.05) is 31.6 Å². The fourth-order valence-corrected chi connectivity index (χ4v) is 6.85. The summed E-state index contributed by atoms with van der Waals surface area (Å²) in [6.07, 6.45) is 0.856. The lowest BCUT2D eigenvalue weighted by atomic mass is 10.0. The van der Waals surface area contributed by atoms with Gasteiger partial charge in [0.15, 0.2) is 11.5 Å². The fraction of sp³-hybridized carbons (Fsp3) is 0.297. The summed E-state index contributed by atoms with van der Waals surface area (Å²) < 4.78 is 54.5. The third-order valence-corrected chi connectivity index (χ3v) is 9.57. The Morgan fingerprint density at radius 3 is 2.08 bits per heavy atom. The largest absolute Gasteiger partial charge is 0.493 e. The van der Waals surface area contributed by atoms with Gasteiger partial charge in [-0.05, 0) is 78.9 Å². The molecular weight excluding hydrogens is 633 g/mol. The number of methoxy groups -OCH3 is 2. The van der Waals surface area contributed by atoms with Gasteiger partial charge in [-0.1, -0.05) is 55.5 Å². The van der Waals surface area contributed by atoms with E-state index in [-0.39, 0.29) is 35.2 Å². The van der Waals surface area contributed by atoms with Crippen molar-refractivity contribution in [2.24, 2.45) is 0 Å². The van der Waals surface area contributed by atoms with Crippen molar-refractivity contribution in [3.8, 4) is 11.5 Å². The molecule has 0 saturated heterocycles. The molecule has 0 spiro atoms. The lowest BCUT2D eigenvalue weighted by Crippen LogP contribution is -2.53. The van der Waals surface area contributed by atoms with Gasteiger partial charge < -0.3 is 19.7 Å². The Morgan fingerprint density at radius 1 is 0.833 bits per heavy atom. The molecule has 4 aromatic rings. The molecule has 0 aromatic heterocycles. The second kappa shape index (κ2) is 16.3. The smallest absolute Gasteiger partial charge is 0.264 e. The topological polar surface area (TPSA) is 105 Å². The van der Waals surface area contributed by atoms with E-state index in [0.717, 1.165) is 21.0 Å². The maximum absolute atomic E-state index is 14.6. The molecule has 4 aromatic carbocycles. The molecule has 1 N–H and O–H groups in total. The minimum Gasteiger partial charge on any atom is -0.493 e. The van der Waals surface area contributed by atoms with Gasteiger partial charge in [-0.15, -0.1) is 0 Å². The van der Waals surface area contributed by atoms with Crippen LogP contribution in [0.15, 0.2) is 95.9 Å². The molecule has 2 amide bonds. The zero-order valence-corrected chi connectivity index (χ0v) is 28.7. The van der Waals surface area contributed by atoms with Gasteiger partial charge in [0.1, 0.15) is 18.4 Å². The standard InChI is InChI=1S/C37H42FN3O6S/c1-6-18-39-37(43)33(22-28-10-8-7-9-11-28)40(24-29-12-14-30(38)15-13-29)36(42)25-41(31-20-26(2)19-27(3)21-31)48(44,45)32-16-17-34(46-4)35(23-32)47-5/h7-17,19-21,23,33H,6,18,22,24-25H2,1-5H3,(H,39,43)/t33-/m1/s1. The molecule has 0 aliphatic rings. The van der Waals surface area contributed by atoms with Crippen LogP contribution in [-0.2, 0) is 32.6 Å². The summed E-state index contributed by atoms with van der Waals surface area (Å²) in [6, 6.07) is 23.5. The third-order valence-electron chi connectivity index (χ3n) is 7.80. The quantitative estimate of drug-likeness (QED) is 0.170. The highest BCUT2D eigenvalue weighted by Gasteiger charge is 2.35. The van der Waals surface area contributed by atoms with Crippen molar-refractivity contribution in [1.82, 2.24) is 10.2 Å². The molecule has 0 aliphatic carbocycles. The van der Waals surface area contributed by atoms with Crippen LogP contribution in [0.2, 0.25) is 0 Å². The highest BCUT2D eigenvalue weighted by atomic mass is 32.2. The molecule has 11 heteroatoms. The average molecular weight is 676 g/mol. The number of nitrogens with one attached hydrogen (secondary N) is 1. The normalized spacial score (nSPS) is 11.8. The summed E-state index contributed by atoms with van der Waals surface area (Å²) >= 11 is 0. The second-order valence-electron chi connectivity index (χ2n) is 11.5. The van der Waals surface area contributed by atoms with Crippen LogP contribution in [0.1, 0.15) is 35.6 Å². The number of aryl methyl sites for hydroxylation is 2. The highest BCUT2D eigenvalue weighted by molar-refractivity contribution is 7.92. The molecule has 48 heavy (non-hydrogen) atoms. The molecule has 0 aliphatic heterocycles. The number of nitrogens with zero attached hydrogens (tertiary/aromatic N) is 2. The van der Waals surface area contributed by atoms with Crippen molar-refractivity contribution in [3.63, 3.8) is 0 Å². The summed E-state index contributed by atoms with van der Waals surface area (Å²) in [5.41, 5.74) is 3.28. The van der Waals surface area contributed by atoms with Crippen molar-refractivity contribution in [1.29, 1.82) is 0 Å². The molecule has 0 fully saturated rings. The van der Waals surface area contributed by atoms with Crippen LogP contribution in [0.25, 0.3) is 0 Å². The summed E-state index contributed by atoms with van der Waals surface area (Å²) in [7, 11) is -1.52. The molecule has 4 rings (SSSR count). The first-order valence-electron chi connectivity index (χ1n) is 15.7. The molecule has 9 nitrogen and oxygen atoms in total. The number of hydrogen-bond acceptors (Lipinski definition) is 6. The Kier molecular flexibility index (Phi) is 12.2. The van der Waals surface area contributed by atoms with Gasteiger partial charge >= 0.3 is 0 Å². The summed E-state index contributed by atoms with van der Waals surface area (Å²) in [6.45, 7) is 5.32. The molecule has 0 saturated carbocycles. The van der Waals surface area contributed by atoms with Crippen LogP contribution in [0.3, 0.4) is 0 Å². The molecule has 0 heterocycles. The number of sulfonamides is 1. The number of rotatable bonds is 15. The molecule has 254 valence electrons. The lowest BCUT2D eigenvalue weighted by molar-refractivity contribution is -0.140. The zero-order chi connectivity index (χ0) is 34.8. The van der Waals surface area contributed by atoms with Crippen LogP contribution < -0.4 is 19.1 Å². The van der Waals surface area contributed by atoms with E-state index in [4.69, 9.17) is 9.47 Å². The van der Waals surface area contributed by atoms with E-state index in [1.807, 2.05) is 57.2 Å². The number of carbonyl (C=O) groups is 2. The van der Waals surface area contributed by atoms with Crippen molar-refractivity contribution in [2.45, 2.75) is 51.1 Å². The summed E-state index contributed by atoms with van der Waals surface area (Å²) in [5, 5.41) is 2.91. The molecule has 0 radical (unpaired) electrons. The Balaban J connectivity index is 1.84. The maximum atomic E-state index is 14.6. The highest BCUT2D eigenvalue weighted by Crippen LogP contribution is 2.33. The number of halogens is 1. The third kappa shape index (κ3) is 8.92. The Bertz CT molecular complexity index is 1800. The second-order valence-corrected chi connectivity index (χ2v) is 13.4. The number of benzene rings is 4. The molecule has 0 unspecified atom stereocenters. The number of carbonyl (C=O) groups excluding carboxylic acids is 2. The van der Waals surface area contributed by atoms with E-state index in [0.29, 0.717) is 24.3 Å². The predicted molar refractivity (Wildman–Crippen MR) is 184 cm³/mol. The average Bonchev–Trinajstić information content (AvgIpc) is 3.07. The Morgan fingerprint density at radius 2 is 1.48 bits per heavy atom. The summed E-state index contributed by atoms with van der Waals surface area (Å²) in [5.74, 6) is -0.885. The fourth-order valence-electron chi connectivity index (χ4n) is 5.43. The molecular formula is C37H42FN3O6S. The summed E-state index contributed by atoms with van der Waals surface area (Å²) in [4.78, 5) is 29.6. The van der Waals surface area contributed by atoms with Crippen molar-refractivity contribution in [3.05, 3.63) is 119 Å². The van der Waals surface area contributed by atoms with Gasteiger partial charge in [0.05, 0.1) is 24.8 Å². The first-order chi connectivity index (χ1) is 23.0. The monoisotopic (exact) mass is 675 g/mol. The van der Waals surface area contributed by atoms with Crippen LogP contribution >= 0.6 is 0 Å². The number of amides is 2. The van der Waals surface area contributed by atoms with Crippen LogP contribution in [-0.4, -0.2) is 58.5 Å². The van der Waals surface area contributed by atoms with Crippen LogP contribution in [0.5, 0.6) is 11.5 Å². The van der Waals surface area contributed by atoms with Gasteiger partial charge in [0.2, 0.25) is 11.8 Å². The van der Waals surface area contributed by atoms with E-state index in [9.17, 15) is 22.4 Å². The van der Waals surface area contributed by atoms with Gasteiger partial charge in [-0.25, -0.2) is 12.8 Å². The molecule has 0 bridgehead atoms. The Labute approximate surface area is 282 Å². The van der Waals surface area contributed by atoms with E-state index in [2.05, 4.69) is 5.32 Å². The van der Waals surface area contributed by atoms with E-state index in [1.54, 1.807) is 24.3 Å². The minimum absolute atomic E-state index is 0.0623. The maximum Gasteiger partial charge on any atom is 0.264 e. The number of hydrogen-bond donors (Lipinski definition) is 1. The van der Waals surface area contributed by atoms with E-state index >= 15 is 0 Å². The van der Waals surface area contributed by atoms with Gasteiger partial charge in [-0.3, -0.25) is 13.9 Å². The van der Waals surface area contributed by atoms with E-state index < -0.39 is 34.3 Å². The van der Waals surface area contributed by atoms with E-state index in [1.165, 1.54) is 49.5 Å². The SMILES string of the molecule is CCCNC(=O)[C@@H](Cc1ccccc1)N(Cc1ccc(F)cc1)C(=O)CN(c1cc(C)cc(C)c1)S(=O)(=O)c1ccc(OC)c(OC)c1. The number of ether oxygens (including phenoxy) is 2. The zero-order valence-electron chi connectivity index (χ0n) is 27.9. The van der Waals surface area contributed by atoms with Crippen LogP contribution in [0, 0.1) is 19.7 Å². The minimum atomic E-state index is -4.37. The van der Waals surface area contributed by atoms with Crippen molar-refractivity contribution < 1.29 is 31.9 Å². The van der Waals surface area contributed by atoms with Gasteiger partial charge in [-0.2, -0.15) is 0 Å². The number of anilines is 1. The van der Waals surface area contributed by atoms with Crippen LogP contribution in [0.4, 0.5) is 10.1 Å². The first kappa shape index (κ1) is 35.9. The molecule has 1 atom stereocenters.